The van der Waals surface area contributed by atoms with Gasteiger partial charge in [0.2, 0.25) is 10.0 Å². The average Bonchev–Trinajstić information content (AvgIpc) is 2.77. The summed E-state index contributed by atoms with van der Waals surface area (Å²) in [5.74, 6) is -1.24. The van der Waals surface area contributed by atoms with Crippen LogP contribution < -0.4 is 0 Å². The molecule has 0 N–H and O–H groups in total. The molecule has 1 saturated heterocycles. The van der Waals surface area contributed by atoms with Crippen LogP contribution in [0, 0.1) is 0 Å². The highest BCUT2D eigenvalue weighted by atomic mass is 35.5. The minimum Gasteiger partial charge on any atom is -0.454 e. The van der Waals surface area contributed by atoms with Gasteiger partial charge >= 0.3 is 5.97 Å². The predicted octanol–water partition coefficient (Wildman–Crippen LogP) is 3.70. The number of morpholine rings is 1. The second-order valence-corrected chi connectivity index (χ2v) is 10.8. The molecular weight excluding hydrogens is 454 g/mol. The first-order valence-corrected chi connectivity index (χ1v) is 12.0. The molecular formula is C23H26ClNO6S. The molecule has 32 heavy (non-hydrogen) atoms. The van der Waals surface area contributed by atoms with Gasteiger partial charge in [-0.1, -0.05) is 56.6 Å². The summed E-state index contributed by atoms with van der Waals surface area (Å²) in [6.45, 7) is 6.81. The maximum absolute atomic E-state index is 12.8. The molecule has 2 aromatic rings. The summed E-state index contributed by atoms with van der Waals surface area (Å²) in [5.41, 5.74) is 1.34. The van der Waals surface area contributed by atoms with Gasteiger partial charge in [-0.3, -0.25) is 4.79 Å². The lowest BCUT2D eigenvalue weighted by Gasteiger charge is -2.26. The number of hydrogen-bond acceptors (Lipinski definition) is 6. The Morgan fingerprint density at radius 1 is 1.06 bits per heavy atom. The lowest BCUT2D eigenvalue weighted by molar-refractivity contribution is 0.0474. The van der Waals surface area contributed by atoms with Gasteiger partial charge in [0.05, 0.1) is 28.7 Å². The number of ether oxygens (including phenoxy) is 2. The van der Waals surface area contributed by atoms with E-state index in [1.54, 1.807) is 12.1 Å². The zero-order valence-electron chi connectivity index (χ0n) is 18.3. The topological polar surface area (TPSA) is 90.0 Å². The van der Waals surface area contributed by atoms with Crippen molar-refractivity contribution in [1.82, 2.24) is 4.31 Å². The second kappa shape index (κ2) is 9.70. The van der Waals surface area contributed by atoms with Crippen LogP contribution >= 0.6 is 11.6 Å². The molecule has 9 heteroatoms. The Bertz CT molecular complexity index is 1100. The number of benzene rings is 2. The molecule has 1 fully saturated rings. The van der Waals surface area contributed by atoms with Gasteiger partial charge in [-0.05, 0) is 29.2 Å². The van der Waals surface area contributed by atoms with Crippen molar-refractivity contribution in [3.63, 3.8) is 0 Å². The molecule has 0 aromatic heterocycles. The Morgan fingerprint density at radius 2 is 1.69 bits per heavy atom. The molecule has 7 nitrogen and oxygen atoms in total. The monoisotopic (exact) mass is 479 g/mol. The van der Waals surface area contributed by atoms with Gasteiger partial charge in [0.25, 0.3) is 0 Å². The van der Waals surface area contributed by atoms with Crippen LogP contribution in [0.4, 0.5) is 0 Å². The Labute approximate surface area is 193 Å². The van der Waals surface area contributed by atoms with E-state index in [1.807, 2.05) is 12.1 Å². The van der Waals surface area contributed by atoms with Gasteiger partial charge in [-0.15, -0.1) is 0 Å². The molecule has 1 aliphatic rings. The van der Waals surface area contributed by atoms with E-state index in [4.69, 9.17) is 21.1 Å². The number of carbonyl (C=O) groups is 2. The van der Waals surface area contributed by atoms with E-state index in [2.05, 4.69) is 20.8 Å². The third-order valence-electron chi connectivity index (χ3n) is 5.17. The van der Waals surface area contributed by atoms with E-state index in [1.165, 1.54) is 22.5 Å². The summed E-state index contributed by atoms with van der Waals surface area (Å²) in [5, 5.41) is 0.0397. The SMILES string of the molecule is CC(C)(C)c1ccc(C(=O)COC(=O)c2cc(S(=O)(=O)N3CCOCC3)ccc2Cl)cc1. The molecule has 172 valence electrons. The van der Waals surface area contributed by atoms with Gasteiger partial charge in [0.15, 0.2) is 12.4 Å². The number of sulfonamides is 1. The Hall–Kier alpha value is -2.26. The minimum atomic E-state index is -3.81. The molecule has 0 unspecified atom stereocenters. The lowest BCUT2D eigenvalue weighted by Crippen LogP contribution is -2.40. The fourth-order valence-corrected chi connectivity index (χ4v) is 4.84. The number of halogens is 1. The molecule has 0 atom stereocenters. The van der Waals surface area contributed by atoms with Crippen molar-refractivity contribution in [1.29, 1.82) is 0 Å². The number of rotatable bonds is 6. The fourth-order valence-electron chi connectivity index (χ4n) is 3.21. The summed E-state index contributed by atoms with van der Waals surface area (Å²) in [6.07, 6.45) is 0. The number of Topliss-reactive ketones (excluding diaryl/α,β-unsaturated/α-hetero) is 1. The highest BCUT2D eigenvalue weighted by Crippen LogP contribution is 2.25. The van der Waals surface area contributed by atoms with Crippen LogP contribution in [0.1, 0.15) is 47.1 Å². The molecule has 0 bridgehead atoms. The van der Waals surface area contributed by atoms with E-state index in [-0.39, 0.29) is 39.8 Å². The van der Waals surface area contributed by atoms with Crippen molar-refractivity contribution < 1.29 is 27.5 Å². The molecule has 0 amide bonds. The maximum atomic E-state index is 12.8. The maximum Gasteiger partial charge on any atom is 0.340 e. The number of carbonyl (C=O) groups excluding carboxylic acids is 2. The van der Waals surface area contributed by atoms with Gasteiger partial charge < -0.3 is 9.47 Å². The highest BCUT2D eigenvalue weighted by molar-refractivity contribution is 7.89. The second-order valence-electron chi connectivity index (χ2n) is 8.48. The largest absolute Gasteiger partial charge is 0.454 e. The van der Waals surface area contributed by atoms with Gasteiger partial charge in [0, 0.05) is 18.7 Å². The highest BCUT2D eigenvalue weighted by Gasteiger charge is 2.28. The van der Waals surface area contributed by atoms with Crippen LogP contribution in [0.5, 0.6) is 0 Å². The Balaban J connectivity index is 1.71. The summed E-state index contributed by atoms with van der Waals surface area (Å²) in [7, 11) is -3.81. The zero-order valence-corrected chi connectivity index (χ0v) is 19.8. The minimum absolute atomic E-state index is 0.0397. The number of nitrogens with zero attached hydrogens (tertiary/aromatic N) is 1. The Morgan fingerprint density at radius 3 is 2.28 bits per heavy atom. The number of ketones is 1. The van der Waals surface area contributed by atoms with Crippen molar-refractivity contribution in [3.05, 3.63) is 64.2 Å². The molecule has 1 heterocycles. The van der Waals surface area contributed by atoms with Crippen LogP contribution in [0.2, 0.25) is 5.02 Å². The van der Waals surface area contributed by atoms with E-state index in [0.29, 0.717) is 18.8 Å². The van der Waals surface area contributed by atoms with Crippen LogP contribution in [-0.4, -0.2) is 57.4 Å². The Kier molecular flexibility index (Phi) is 7.39. The van der Waals surface area contributed by atoms with Crippen molar-refractivity contribution >= 4 is 33.4 Å². The van der Waals surface area contributed by atoms with Crippen molar-refractivity contribution in [2.24, 2.45) is 0 Å². The molecule has 0 saturated carbocycles. The van der Waals surface area contributed by atoms with Gasteiger partial charge in [-0.25, -0.2) is 13.2 Å². The van der Waals surface area contributed by atoms with Gasteiger partial charge in [0.1, 0.15) is 0 Å². The first-order valence-electron chi connectivity index (χ1n) is 10.2. The fraction of sp³-hybridized carbons (Fsp3) is 0.391. The van der Waals surface area contributed by atoms with Crippen molar-refractivity contribution in [2.75, 3.05) is 32.9 Å². The zero-order chi connectivity index (χ0) is 23.5. The standard InChI is InChI=1S/C23H26ClNO6S/c1-23(2,3)17-6-4-16(5-7-17)21(26)15-31-22(27)19-14-18(8-9-20(19)24)32(28,29)25-10-12-30-13-11-25/h4-9,14H,10-13,15H2,1-3H3. The lowest BCUT2D eigenvalue weighted by atomic mass is 9.86. The molecule has 0 spiro atoms. The summed E-state index contributed by atoms with van der Waals surface area (Å²) >= 11 is 6.11. The van der Waals surface area contributed by atoms with Crippen LogP contribution in [0.3, 0.4) is 0 Å². The molecule has 0 aliphatic carbocycles. The quantitative estimate of drug-likeness (QED) is 0.463. The number of esters is 1. The molecule has 3 rings (SSSR count). The number of hydrogen-bond donors (Lipinski definition) is 0. The third kappa shape index (κ3) is 5.56. The van der Waals surface area contributed by atoms with Crippen LogP contribution in [0.15, 0.2) is 47.4 Å². The van der Waals surface area contributed by atoms with E-state index in [0.717, 1.165) is 5.56 Å². The van der Waals surface area contributed by atoms with Crippen LogP contribution in [-0.2, 0) is 24.9 Å². The summed E-state index contributed by atoms with van der Waals surface area (Å²) in [6, 6.07) is 11.0. The van der Waals surface area contributed by atoms with Crippen molar-refractivity contribution in [3.8, 4) is 0 Å². The molecule has 0 radical (unpaired) electrons. The third-order valence-corrected chi connectivity index (χ3v) is 7.40. The average molecular weight is 480 g/mol. The smallest absolute Gasteiger partial charge is 0.340 e. The first kappa shape index (κ1) is 24.4. The molecule has 1 aliphatic heterocycles. The van der Waals surface area contributed by atoms with E-state index < -0.39 is 22.6 Å². The predicted molar refractivity (Wildman–Crippen MR) is 121 cm³/mol. The van der Waals surface area contributed by atoms with Crippen LogP contribution in [0.25, 0.3) is 0 Å². The van der Waals surface area contributed by atoms with Gasteiger partial charge in [-0.2, -0.15) is 4.31 Å². The summed E-state index contributed by atoms with van der Waals surface area (Å²) < 4.78 is 37.3. The molecule has 2 aromatic carbocycles. The first-order chi connectivity index (χ1) is 15.0. The normalized spacial score (nSPS) is 15.4. The summed E-state index contributed by atoms with van der Waals surface area (Å²) in [4.78, 5) is 24.9. The van der Waals surface area contributed by atoms with E-state index >= 15 is 0 Å². The van der Waals surface area contributed by atoms with Crippen molar-refractivity contribution in [2.45, 2.75) is 31.1 Å². The van der Waals surface area contributed by atoms with E-state index in [9.17, 15) is 18.0 Å².